The van der Waals surface area contributed by atoms with Crippen LogP contribution in [0, 0.1) is 0 Å². The molecule has 0 spiro atoms. The van der Waals surface area contributed by atoms with E-state index in [1.54, 1.807) is 6.07 Å². The highest BCUT2D eigenvalue weighted by Gasteiger charge is 2.25. The summed E-state index contributed by atoms with van der Waals surface area (Å²) in [7, 11) is 0. The van der Waals surface area contributed by atoms with Crippen LogP contribution in [0.25, 0.3) is 0 Å². The second-order valence-corrected chi connectivity index (χ2v) is 5.71. The van der Waals surface area contributed by atoms with Gasteiger partial charge in [0.05, 0.1) is 5.69 Å². The summed E-state index contributed by atoms with van der Waals surface area (Å²) >= 11 is 1.43. The fraction of sp³-hybridized carbons (Fsp3) is 0.615. The van der Waals surface area contributed by atoms with Crippen molar-refractivity contribution in [1.29, 1.82) is 0 Å². The first-order valence-electron chi connectivity index (χ1n) is 6.49. The number of thiophene rings is 1. The summed E-state index contributed by atoms with van der Waals surface area (Å²) in [4.78, 5) is 17.3. The SMILES string of the molecule is CCC(C)N1CCN(C(=O)c2sccc2N)CC1. The molecule has 1 saturated heterocycles. The Morgan fingerprint density at radius 1 is 1.44 bits per heavy atom. The lowest BCUT2D eigenvalue weighted by Crippen LogP contribution is -2.51. The summed E-state index contributed by atoms with van der Waals surface area (Å²) in [6, 6.07) is 2.40. The molecule has 4 nitrogen and oxygen atoms in total. The lowest BCUT2D eigenvalue weighted by molar-refractivity contribution is 0.0585. The Kier molecular flexibility index (Phi) is 4.24. The van der Waals surface area contributed by atoms with Crippen molar-refractivity contribution in [3.05, 3.63) is 16.3 Å². The Morgan fingerprint density at radius 3 is 2.61 bits per heavy atom. The minimum atomic E-state index is 0.0892. The summed E-state index contributed by atoms with van der Waals surface area (Å²) in [5, 5.41) is 1.87. The molecular formula is C13H21N3OS. The van der Waals surface area contributed by atoms with E-state index in [0.717, 1.165) is 32.6 Å². The van der Waals surface area contributed by atoms with Gasteiger partial charge in [0.1, 0.15) is 4.88 Å². The Hall–Kier alpha value is -1.07. The summed E-state index contributed by atoms with van der Waals surface area (Å²) in [5.41, 5.74) is 6.40. The van der Waals surface area contributed by atoms with Gasteiger partial charge in [0.15, 0.2) is 0 Å². The summed E-state index contributed by atoms with van der Waals surface area (Å²) in [6.45, 7) is 7.99. The van der Waals surface area contributed by atoms with Gasteiger partial charge in [0.2, 0.25) is 0 Å². The minimum Gasteiger partial charge on any atom is -0.397 e. The van der Waals surface area contributed by atoms with E-state index >= 15 is 0 Å². The van der Waals surface area contributed by atoms with Crippen LogP contribution in [0.3, 0.4) is 0 Å². The van der Waals surface area contributed by atoms with Crippen molar-refractivity contribution in [2.24, 2.45) is 0 Å². The van der Waals surface area contributed by atoms with E-state index in [2.05, 4.69) is 18.7 Å². The van der Waals surface area contributed by atoms with Crippen LogP contribution in [0.2, 0.25) is 0 Å². The van der Waals surface area contributed by atoms with E-state index in [4.69, 9.17) is 5.73 Å². The van der Waals surface area contributed by atoms with Crippen molar-refractivity contribution >= 4 is 22.9 Å². The number of carbonyl (C=O) groups is 1. The first-order chi connectivity index (χ1) is 8.63. The van der Waals surface area contributed by atoms with Crippen LogP contribution >= 0.6 is 11.3 Å². The van der Waals surface area contributed by atoms with Crippen LogP contribution in [0.15, 0.2) is 11.4 Å². The number of hydrogen-bond donors (Lipinski definition) is 1. The van der Waals surface area contributed by atoms with Gasteiger partial charge in [-0.15, -0.1) is 11.3 Å². The third-order valence-corrected chi connectivity index (χ3v) is 4.62. The van der Waals surface area contributed by atoms with E-state index < -0.39 is 0 Å². The molecule has 1 aromatic rings. The molecule has 1 amide bonds. The maximum Gasteiger partial charge on any atom is 0.266 e. The third kappa shape index (κ3) is 2.67. The number of amides is 1. The van der Waals surface area contributed by atoms with Gasteiger partial charge in [-0.05, 0) is 24.8 Å². The van der Waals surface area contributed by atoms with E-state index in [1.807, 2.05) is 10.3 Å². The highest BCUT2D eigenvalue weighted by Crippen LogP contribution is 2.21. The predicted molar refractivity (Wildman–Crippen MR) is 76.0 cm³/mol. The van der Waals surface area contributed by atoms with Crippen molar-refractivity contribution in [3.8, 4) is 0 Å². The highest BCUT2D eigenvalue weighted by molar-refractivity contribution is 7.12. The second kappa shape index (κ2) is 5.71. The van der Waals surface area contributed by atoms with Gasteiger partial charge in [-0.2, -0.15) is 0 Å². The van der Waals surface area contributed by atoms with Crippen molar-refractivity contribution in [2.75, 3.05) is 31.9 Å². The second-order valence-electron chi connectivity index (χ2n) is 4.79. The molecule has 0 aromatic carbocycles. The molecule has 100 valence electrons. The van der Waals surface area contributed by atoms with Crippen LogP contribution in [-0.4, -0.2) is 47.9 Å². The van der Waals surface area contributed by atoms with Gasteiger partial charge < -0.3 is 10.6 Å². The number of carbonyl (C=O) groups excluding carboxylic acids is 1. The van der Waals surface area contributed by atoms with Crippen LogP contribution < -0.4 is 5.73 Å². The Balaban J connectivity index is 1.94. The zero-order chi connectivity index (χ0) is 13.1. The molecule has 0 radical (unpaired) electrons. The molecule has 2 heterocycles. The Labute approximate surface area is 112 Å². The van der Waals surface area contributed by atoms with E-state index in [1.165, 1.54) is 11.3 Å². The summed E-state index contributed by atoms with van der Waals surface area (Å²) in [5.74, 6) is 0.0892. The van der Waals surface area contributed by atoms with Gasteiger partial charge in [-0.3, -0.25) is 9.69 Å². The molecule has 1 aliphatic rings. The first kappa shape index (κ1) is 13.4. The molecule has 5 heteroatoms. The molecule has 1 fully saturated rings. The number of anilines is 1. The minimum absolute atomic E-state index is 0.0892. The van der Waals surface area contributed by atoms with Crippen LogP contribution in [0.5, 0.6) is 0 Å². The average Bonchev–Trinajstić information content (AvgIpc) is 2.83. The molecule has 0 saturated carbocycles. The molecular weight excluding hydrogens is 246 g/mol. The average molecular weight is 267 g/mol. The maximum absolute atomic E-state index is 12.3. The Morgan fingerprint density at radius 2 is 2.11 bits per heavy atom. The molecule has 2 rings (SSSR count). The van der Waals surface area contributed by atoms with Gasteiger partial charge in [-0.25, -0.2) is 0 Å². The molecule has 1 atom stereocenters. The number of nitrogens with two attached hydrogens (primary N) is 1. The fourth-order valence-electron chi connectivity index (χ4n) is 2.26. The summed E-state index contributed by atoms with van der Waals surface area (Å²) < 4.78 is 0. The normalized spacial score (nSPS) is 18.9. The van der Waals surface area contributed by atoms with Gasteiger partial charge >= 0.3 is 0 Å². The van der Waals surface area contributed by atoms with Gasteiger partial charge in [0, 0.05) is 32.2 Å². The van der Waals surface area contributed by atoms with Crippen LogP contribution in [0.4, 0.5) is 5.69 Å². The standard InChI is InChI=1S/C13H21N3OS/c1-3-10(2)15-5-7-16(8-6-15)13(17)12-11(14)4-9-18-12/h4,9-10H,3,5-8,14H2,1-2H3. The van der Waals surface area contributed by atoms with Gasteiger partial charge in [0.25, 0.3) is 5.91 Å². The van der Waals surface area contributed by atoms with E-state index in [0.29, 0.717) is 16.6 Å². The fourth-order valence-corrected chi connectivity index (χ4v) is 3.05. The van der Waals surface area contributed by atoms with E-state index in [-0.39, 0.29) is 5.91 Å². The lowest BCUT2D eigenvalue weighted by atomic mass is 10.2. The highest BCUT2D eigenvalue weighted by atomic mass is 32.1. The topological polar surface area (TPSA) is 49.6 Å². The molecule has 2 N–H and O–H groups in total. The van der Waals surface area contributed by atoms with Crippen molar-refractivity contribution in [3.63, 3.8) is 0 Å². The lowest BCUT2D eigenvalue weighted by Gasteiger charge is -2.37. The molecule has 1 aromatic heterocycles. The number of hydrogen-bond acceptors (Lipinski definition) is 4. The molecule has 0 aliphatic carbocycles. The summed E-state index contributed by atoms with van der Waals surface area (Å²) in [6.07, 6.45) is 1.16. The van der Waals surface area contributed by atoms with E-state index in [9.17, 15) is 4.79 Å². The number of nitrogens with zero attached hydrogens (tertiary/aromatic N) is 2. The number of nitrogen functional groups attached to an aromatic ring is 1. The van der Waals surface area contributed by atoms with Crippen molar-refractivity contribution < 1.29 is 4.79 Å². The predicted octanol–water partition coefficient (Wildman–Crippen LogP) is 1.89. The number of rotatable bonds is 3. The Bertz CT molecular complexity index is 410. The zero-order valence-corrected chi connectivity index (χ0v) is 11.9. The smallest absolute Gasteiger partial charge is 0.266 e. The molecule has 1 aliphatic heterocycles. The van der Waals surface area contributed by atoms with Crippen LogP contribution in [0.1, 0.15) is 29.9 Å². The third-order valence-electron chi connectivity index (χ3n) is 3.71. The van der Waals surface area contributed by atoms with Crippen LogP contribution in [-0.2, 0) is 0 Å². The first-order valence-corrected chi connectivity index (χ1v) is 7.37. The number of piperazine rings is 1. The quantitative estimate of drug-likeness (QED) is 0.910. The monoisotopic (exact) mass is 267 g/mol. The maximum atomic E-state index is 12.3. The van der Waals surface area contributed by atoms with Gasteiger partial charge in [-0.1, -0.05) is 6.92 Å². The largest absolute Gasteiger partial charge is 0.397 e. The molecule has 1 unspecified atom stereocenters. The molecule has 0 bridgehead atoms. The molecule has 18 heavy (non-hydrogen) atoms. The van der Waals surface area contributed by atoms with Crippen molar-refractivity contribution in [2.45, 2.75) is 26.3 Å². The van der Waals surface area contributed by atoms with Crippen molar-refractivity contribution in [1.82, 2.24) is 9.80 Å². The zero-order valence-electron chi connectivity index (χ0n) is 11.1.